The van der Waals surface area contributed by atoms with Crippen LogP contribution in [0.4, 0.5) is 10.1 Å². The zero-order valence-electron chi connectivity index (χ0n) is 11.2. The van der Waals surface area contributed by atoms with E-state index in [4.69, 9.17) is 0 Å². The first-order valence-corrected chi connectivity index (χ1v) is 6.54. The van der Waals surface area contributed by atoms with Crippen LogP contribution in [0.25, 0.3) is 0 Å². The van der Waals surface area contributed by atoms with E-state index in [9.17, 15) is 14.0 Å². The molecule has 1 aliphatic heterocycles. The van der Waals surface area contributed by atoms with Gasteiger partial charge in [-0.3, -0.25) is 4.79 Å². The predicted octanol–water partition coefficient (Wildman–Crippen LogP) is 1.69. The van der Waals surface area contributed by atoms with E-state index < -0.39 is 11.8 Å². The summed E-state index contributed by atoms with van der Waals surface area (Å²) in [4.78, 5) is 23.7. The fraction of sp³-hybridized carbons (Fsp3) is 0.429. The number of methoxy groups -OCH3 is 1. The summed E-state index contributed by atoms with van der Waals surface area (Å²) in [5.41, 5.74) is 0.271. The van der Waals surface area contributed by atoms with E-state index in [2.05, 4.69) is 15.4 Å². The van der Waals surface area contributed by atoms with Crippen LogP contribution >= 0.6 is 0 Å². The van der Waals surface area contributed by atoms with Gasteiger partial charge in [-0.2, -0.15) is 0 Å². The largest absolute Gasteiger partial charge is 0.465 e. The Kier molecular flexibility index (Phi) is 4.68. The Morgan fingerprint density at radius 1 is 1.40 bits per heavy atom. The average Bonchev–Trinajstić information content (AvgIpc) is 2.47. The standard InChI is InChI=1S/C14H17FN2O3/c1-20-14(19)10-6-5-9(15)8-12(10)17-13(18)11-4-2-3-7-16-11/h5-6,8,11,16H,2-4,7H2,1H3,(H,17,18)/t11-/m1/s1. The van der Waals surface area contributed by atoms with Gasteiger partial charge >= 0.3 is 5.97 Å². The molecule has 108 valence electrons. The lowest BCUT2D eigenvalue weighted by atomic mass is 10.0. The molecule has 0 unspecified atom stereocenters. The second-order valence-corrected chi connectivity index (χ2v) is 4.67. The summed E-state index contributed by atoms with van der Waals surface area (Å²) < 4.78 is 17.9. The molecule has 1 aromatic rings. The van der Waals surface area contributed by atoms with Crippen molar-refractivity contribution in [2.45, 2.75) is 25.3 Å². The molecule has 0 spiro atoms. The number of carbonyl (C=O) groups is 2. The molecule has 1 saturated heterocycles. The number of hydrogen-bond donors (Lipinski definition) is 2. The monoisotopic (exact) mass is 280 g/mol. The Morgan fingerprint density at radius 2 is 2.20 bits per heavy atom. The van der Waals surface area contributed by atoms with Gasteiger partial charge < -0.3 is 15.4 Å². The van der Waals surface area contributed by atoms with E-state index in [-0.39, 0.29) is 23.2 Å². The summed E-state index contributed by atoms with van der Waals surface area (Å²) >= 11 is 0. The second-order valence-electron chi connectivity index (χ2n) is 4.67. The van der Waals surface area contributed by atoms with Gasteiger partial charge in [0.25, 0.3) is 0 Å². The molecule has 0 bridgehead atoms. The van der Waals surface area contributed by atoms with Crippen molar-refractivity contribution in [1.29, 1.82) is 0 Å². The maximum absolute atomic E-state index is 13.3. The van der Waals surface area contributed by atoms with E-state index in [0.717, 1.165) is 37.9 Å². The van der Waals surface area contributed by atoms with Crippen LogP contribution in [0.5, 0.6) is 0 Å². The van der Waals surface area contributed by atoms with Crippen molar-refractivity contribution in [3.63, 3.8) is 0 Å². The number of piperidine rings is 1. The van der Waals surface area contributed by atoms with Gasteiger partial charge in [0.2, 0.25) is 5.91 Å². The molecule has 20 heavy (non-hydrogen) atoms. The number of halogens is 1. The summed E-state index contributed by atoms with van der Waals surface area (Å²) in [5.74, 6) is -1.40. The fourth-order valence-electron chi connectivity index (χ4n) is 2.20. The number of anilines is 1. The molecule has 1 aliphatic rings. The third kappa shape index (κ3) is 3.33. The van der Waals surface area contributed by atoms with Crippen LogP contribution in [-0.2, 0) is 9.53 Å². The van der Waals surface area contributed by atoms with E-state index in [1.807, 2.05) is 0 Å². The van der Waals surface area contributed by atoms with Gasteiger partial charge in [-0.25, -0.2) is 9.18 Å². The van der Waals surface area contributed by atoms with Crippen molar-refractivity contribution >= 4 is 17.6 Å². The minimum Gasteiger partial charge on any atom is -0.465 e. The van der Waals surface area contributed by atoms with Gasteiger partial charge in [-0.15, -0.1) is 0 Å². The van der Waals surface area contributed by atoms with Gasteiger partial charge in [-0.05, 0) is 37.6 Å². The molecule has 1 fully saturated rings. The molecule has 2 N–H and O–H groups in total. The van der Waals surface area contributed by atoms with Crippen molar-refractivity contribution in [3.05, 3.63) is 29.6 Å². The quantitative estimate of drug-likeness (QED) is 0.827. The van der Waals surface area contributed by atoms with Crippen LogP contribution < -0.4 is 10.6 Å². The molecule has 1 heterocycles. The average molecular weight is 280 g/mol. The number of hydrogen-bond acceptors (Lipinski definition) is 4. The third-order valence-corrected chi connectivity index (χ3v) is 3.27. The molecule has 1 amide bonds. The molecule has 5 nitrogen and oxygen atoms in total. The molecular formula is C14H17FN2O3. The number of esters is 1. The van der Waals surface area contributed by atoms with Crippen LogP contribution in [0.1, 0.15) is 29.6 Å². The summed E-state index contributed by atoms with van der Waals surface area (Å²) in [6, 6.07) is 3.26. The highest BCUT2D eigenvalue weighted by Crippen LogP contribution is 2.19. The maximum Gasteiger partial charge on any atom is 0.339 e. The topological polar surface area (TPSA) is 67.4 Å². The van der Waals surface area contributed by atoms with E-state index in [0.29, 0.717) is 0 Å². The van der Waals surface area contributed by atoms with E-state index in [1.54, 1.807) is 0 Å². The number of ether oxygens (including phenoxy) is 1. The number of amides is 1. The summed E-state index contributed by atoms with van der Waals surface area (Å²) in [6.07, 6.45) is 2.74. The SMILES string of the molecule is COC(=O)c1ccc(F)cc1NC(=O)[C@H]1CCCCN1. The van der Waals surface area contributed by atoms with Crippen LogP contribution in [0.15, 0.2) is 18.2 Å². The van der Waals surface area contributed by atoms with Gasteiger partial charge in [0.15, 0.2) is 0 Å². The number of nitrogens with one attached hydrogen (secondary N) is 2. The van der Waals surface area contributed by atoms with Crippen LogP contribution in [-0.4, -0.2) is 31.6 Å². The molecule has 2 rings (SSSR count). The van der Waals surface area contributed by atoms with Gasteiger partial charge in [0.05, 0.1) is 24.4 Å². The van der Waals surface area contributed by atoms with Crippen molar-refractivity contribution < 1.29 is 18.7 Å². The Labute approximate surface area is 116 Å². The molecule has 0 aliphatic carbocycles. The molecule has 1 atom stereocenters. The first-order valence-electron chi connectivity index (χ1n) is 6.54. The van der Waals surface area contributed by atoms with Crippen molar-refractivity contribution in [1.82, 2.24) is 5.32 Å². The minimum absolute atomic E-state index is 0.134. The number of benzene rings is 1. The molecule has 0 radical (unpaired) electrons. The normalized spacial score (nSPS) is 18.4. The summed E-state index contributed by atoms with van der Waals surface area (Å²) in [6.45, 7) is 0.783. The highest BCUT2D eigenvalue weighted by molar-refractivity contribution is 6.02. The van der Waals surface area contributed by atoms with Crippen LogP contribution in [0, 0.1) is 5.82 Å². The third-order valence-electron chi connectivity index (χ3n) is 3.27. The summed E-state index contributed by atoms with van der Waals surface area (Å²) in [7, 11) is 1.24. The van der Waals surface area contributed by atoms with Crippen LogP contribution in [0.2, 0.25) is 0 Å². The zero-order valence-corrected chi connectivity index (χ0v) is 11.2. The second kappa shape index (κ2) is 6.47. The van der Waals surface area contributed by atoms with Crippen molar-refractivity contribution in [2.75, 3.05) is 19.0 Å². The highest BCUT2D eigenvalue weighted by Gasteiger charge is 2.22. The Bertz CT molecular complexity index is 513. The first-order chi connectivity index (χ1) is 9.61. The lowest BCUT2D eigenvalue weighted by molar-refractivity contribution is -0.118. The van der Waals surface area contributed by atoms with Crippen LogP contribution in [0.3, 0.4) is 0 Å². The smallest absolute Gasteiger partial charge is 0.339 e. The van der Waals surface area contributed by atoms with Gasteiger partial charge in [0, 0.05) is 0 Å². The summed E-state index contributed by atoms with van der Waals surface area (Å²) in [5, 5.41) is 5.69. The van der Waals surface area contributed by atoms with Crippen molar-refractivity contribution in [2.24, 2.45) is 0 Å². The molecule has 1 aromatic carbocycles. The van der Waals surface area contributed by atoms with E-state index >= 15 is 0 Å². The molecule has 6 heteroatoms. The Morgan fingerprint density at radius 3 is 2.85 bits per heavy atom. The molecule has 0 aromatic heterocycles. The lowest BCUT2D eigenvalue weighted by Gasteiger charge is -2.23. The minimum atomic E-state index is -0.614. The Hall–Kier alpha value is -1.95. The fourth-order valence-corrected chi connectivity index (χ4v) is 2.20. The zero-order chi connectivity index (χ0) is 14.5. The maximum atomic E-state index is 13.3. The predicted molar refractivity (Wildman–Crippen MR) is 72.0 cm³/mol. The lowest BCUT2D eigenvalue weighted by Crippen LogP contribution is -2.43. The highest BCUT2D eigenvalue weighted by atomic mass is 19.1. The van der Waals surface area contributed by atoms with E-state index in [1.165, 1.54) is 13.2 Å². The van der Waals surface area contributed by atoms with Crippen molar-refractivity contribution in [3.8, 4) is 0 Å². The van der Waals surface area contributed by atoms with Gasteiger partial charge in [-0.1, -0.05) is 6.42 Å². The molecular weight excluding hydrogens is 263 g/mol. The molecule has 0 saturated carbocycles. The number of carbonyl (C=O) groups excluding carboxylic acids is 2. The number of rotatable bonds is 3. The van der Waals surface area contributed by atoms with Gasteiger partial charge in [0.1, 0.15) is 5.82 Å². The Balaban J connectivity index is 2.16. The first kappa shape index (κ1) is 14.5.